The van der Waals surface area contributed by atoms with E-state index in [1.807, 2.05) is 0 Å². The van der Waals surface area contributed by atoms with E-state index in [1.165, 1.54) is 6.92 Å². The summed E-state index contributed by atoms with van der Waals surface area (Å²) in [5, 5.41) is 2.26. The highest BCUT2D eigenvalue weighted by molar-refractivity contribution is 7.89. The molecule has 0 aromatic heterocycles. The topological polar surface area (TPSA) is 75.3 Å². The fourth-order valence-electron chi connectivity index (χ4n) is 1.79. The van der Waals surface area contributed by atoms with Gasteiger partial charge < -0.3 is 5.32 Å². The zero-order valence-corrected chi connectivity index (χ0v) is 13.2. The monoisotopic (exact) mass is 358 g/mol. The summed E-state index contributed by atoms with van der Waals surface area (Å²) in [6, 6.07) is 5.59. The third kappa shape index (κ3) is 4.33. The molecule has 0 saturated carbocycles. The summed E-state index contributed by atoms with van der Waals surface area (Å²) in [7, 11) is -4.04. The zero-order valence-electron chi connectivity index (χ0n) is 12.4. The third-order valence-electron chi connectivity index (χ3n) is 3.04. The smallest absolute Gasteiger partial charge is 0.242 e. The number of carbonyl (C=O) groups excluding carboxylic acids is 1. The average molecular weight is 358 g/mol. The van der Waals surface area contributed by atoms with Crippen molar-refractivity contribution in [1.29, 1.82) is 0 Å². The van der Waals surface area contributed by atoms with Gasteiger partial charge in [0.05, 0.1) is 10.9 Å². The molecule has 1 amide bonds. The van der Waals surface area contributed by atoms with E-state index in [9.17, 15) is 26.4 Å². The maximum absolute atomic E-state index is 13.1. The summed E-state index contributed by atoms with van der Waals surface area (Å²) in [6.45, 7) is 1.27. The van der Waals surface area contributed by atoms with Gasteiger partial charge in [0, 0.05) is 11.8 Å². The second kappa shape index (κ2) is 7.02. The number of halogens is 3. The fraction of sp³-hybridized carbons (Fsp3) is 0.133. The van der Waals surface area contributed by atoms with Gasteiger partial charge in [-0.2, -0.15) is 4.72 Å². The number of nitrogens with one attached hydrogen (secondary N) is 2. The summed E-state index contributed by atoms with van der Waals surface area (Å²) in [4.78, 5) is 11.7. The lowest BCUT2D eigenvalue weighted by Crippen LogP contribution is -2.41. The highest BCUT2D eigenvalue weighted by Crippen LogP contribution is 2.14. The van der Waals surface area contributed by atoms with E-state index >= 15 is 0 Å². The van der Waals surface area contributed by atoms with Crippen LogP contribution in [0.5, 0.6) is 0 Å². The Bertz CT molecular complexity index is 855. The van der Waals surface area contributed by atoms with E-state index in [-0.39, 0.29) is 10.6 Å². The zero-order chi connectivity index (χ0) is 17.9. The minimum atomic E-state index is -4.04. The number of carbonyl (C=O) groups is 1. The number of hydrogen-bond acceptors (Lipinski definition) is 3. The molecule has 1 atom stereocenters. The van der Waals surface area contributed by atoms with Crippen LogP contribution in [-0.2, 0) is 14.8 Å². The van der Waals surface area contributed by atoms with Gasteiger partial charge in [-0.25, -0.2) is 21.6 Å². The molecule has 2 N–H and O–H groups in total. The van der Waals surface area contributed by atoms with Crippen molar-refractivity contribution in [3.8, 4) is 0 Å². The Morgan fingerprint density at radius 3 is 2.21 bits per heavy atom. The maximum Gasteiger partial charge on any atom is 0.242 e. The van der Waals surface area contributed by atoms with Gasteiger partial charge in [0.25, 0.3) is 0 Å². The summed E-state index contributed by atoms with van der Waals surface area (Å²) in [5.41, 5.74) is -0.0215. The lowest BCUT2D eigenvalue weighted by Gasteiger charge is -2.14. The van der Waals surface area contributed by atoms with Crippen molar-refractivity contribution in [3.05, 3.63) is 59.9 Å². The third-order valence-corrected chi connectivity index (χ3v) is 4.59. The van der Waals surface area contributed by atoms with Gasteiger partial charge in [0.2, 0.25) is 15.9 Å². The van der Waals surface area contributed by atoms with Crippen LogP contribution in [0.4, 0.5) is 18.9 Å². The van der Waals surface area contributed by atoms with Crippen molar-refractivity contribution >= 4 is 21.6 Å². The molecule has 0 aliphatic rings. The number of benzene rings is 2. The van der Waals surface area contributed by atoms with Gasteiger partial charge in [-0.15, -0.1) is 0 Å². The molecule has 24 heavy (non-hydrogen) atoms. The molecule has 2 rings (SSSR count). The Labute approximate surface area is 136 Å². The predicted molar refractivity (Wildman–Crippen MR) is 81.2 cm³/mol. The Morgan fingerprint density at radius 2 is 1.62 bits per heavy atom. The summed E-state index contributed by atoms with van der Waals surface area (Å²) >= 11 is 0. The largest absolute Gasteiger partial charge is 0.325 e. The van der Waals surface area contributed by atoms with Crippen molar-refractivity contribution in [2.24, 2.45) is 0 Å². The van der Waals surface area contributed by atoms with Crippen LogP contribution < -0.4 is 10.0 Å². The molecule has 0 radical (unpaired) electrons. The number of rotatable bonds is 5. The van der Waals surface area contributed by atoms with E-state index in [1.54, 1.807) is 0 Å². The van der Waals surface area contributed by atoms with E-state index in [0.29, 0.717) is 0 Å². The Morgan fingerprint density at radius 1 is 1.00 bits per heavy atom. The Hall–Kier alpha value is -2.39. The number of anilines is 1. The number of sulfonamides is 1. The van der Waals surface area contributed by atoms with Gasteiger partial charge in [0.1, 0.15) is 5.82 Å². The molecule has 0 unspecified atom stereocenters. The van der Waals surface area contributed by atoms with Gasteiger partial charge in [-0.3, -0.25) is 4.79 Å². The van der Waals surface area contributed by atoms with Crippen LogP contribution in [0.15, 0.2) is 47.4 Å². The maximum atomic E-state index is 13.1. The lowest BCUT2D eigenvalue weighted by atomic mass is 10.2. The highest BCUT2D eigenvalue weighted by Gasteiger charge is 2.22. The van der Waals surface area contributed by atoms with Crippen LogP contribution in [0, 0.1) is 17.5 Å². The molecule has 0 saturated heterocycles. The first kappa shape index (κ1) is 18.0. The Kier molecular flexibility index (Phi) is 5.25. The van der Waals surface area contributed by atoms with Crippen molar-refractivity contribution in [2.45, 2.75) is 17.9 Å². The van der Waals surface area contributed by atoms with Crippen LogP contribution in [0.2, 0.25) is 0 Å². The first-order valence-electron chi connectivity index (χ1n) is 6.73. The normalized spacial score (nSPS) is 12.7. The van der Waals surface area contributed by atoms with Crippen molar-refractivity contribution in [2.75, 3.05) is 5.32 Å². The molecule has 5 nitrogen and oxygen atoms in total. The van der Waals surface area contributed by atoms with Crippen LogP contribution >= 0.6 is 0 Å². The fourth-order valence-corrected chi connectivity index (χ4v) is 3.00. The van der Waals surface area contributed by atoms with E-state index in [0.717, 1.165) is 42.5 Å². The van der Waals surface area contributed by atoms with Crippen LogP contribution in [-0.4, -0.2) is 20.4 Å². The summed E-state index contributed by atoms with van der Waals surface area (Å²) in [5.74, 6) is -3.59. The molecule has 128 valence electrons. The summed E-state index contributed by atoms with van der Waals surface area (Å²) < 4.78 is 65.0. The molecule has 0 fully saturated rings. The second-order valence-corrected chi connectivity index (χ2v) is 6.63. The molecular weight excluding hydrogens is 345 g/mol. The van der Waals surface area contributed by atoms with Gasteiger partial charge in [0.15, 0.2) is 11.6 Å². The molecule has 9 heteroatoms. The molecule has 0 aliphatic carbocycles. The molecule has 2 aromatic rings. The van der Waals surface area contributed by atoms with Gasteiger partial charge in [-0.1, -0.05) is 0 Å². The molecule has 0 heterocycles. The average Bonchev–Trinajstić information content (AvgIpc) is 2.51. The minimum absolute atomic E-state index is 0.0215. The van der Waals surface area contributed by atoms with Crippen molar-refractivity contribution < 1.29 is 26.4 Å². The van der Waals surface area contributed by atoms with E-state index in [4.69, 9.17) is 0 Å². The lowest BCUT2D eigenvalue weighted by molar-refractivity contribution is -0.117. The van der Waals surface area contributed by atoms with E-state index < -0.39 is 39.4 Å². The SMILES string of the molecule is C[C@H](NS(=O)(=O)c1ccc(F)cc1)C(=O)Nc1ccc(F)c(F)c1. The predicted octanol–water partition coefficient (Wildman–Crippen LogP) is 2.41. The first-order chi connectivity index (χ1) is 11.2. The van der Waals surface area contributed by atoms with Crippen molar-refractivity contribution in [3.63, 3.8) is 0 Å². The number of amides is 1. The van der Waals surface area contributed by atoms with Crippen LogP contribution in [0.25, 0.3) is 0 Å². The number of hydrogen-bond donors (Lipinski definition) is 2. The molecule has 0 bridgehead atoms. The van der Waals surface area contributed by atoms with Gasteiger partial charge >= 0.3 is 0 Å². The molecule has 0 spiro atoms. The summed E-state index contributed by atoms with van der Waals surface area (Å²) in [6.07, 6.45) is 0. The Balaban J connectivity index is 2.07. The standard InChI is InChI=1S/C15H13F3N2O3S/c1-9(15(21)19-11-4-7-13(17)14(18)8-11)20-24(22,23)12-5-2-10(16)3-6-12/h2-9,20H,1H3,(H,19,21)/t9-/m0/s1. The molecule has 0 aliphatic heterocycles. The highest BCUT2D eigenvalue weighted by atomic mass is 32.2. The second-order valence-electron chi connectivity index (χ2n) is 4.92. The van der Waals surface area contributed by atoms with Crippen LogP contribution in [0.1, 0.15) is 6.92 Å². The van der Waals surface area contributed by atoms with Gasteiger partial charge in [-0.05, 0) is 43.3 Å². The first-order valence-corrected chi connectivity index (χ1v) is 8.21. The van der Waals surface area contributed by atoms with E-state index in [2.05, 4.69) is 10.0 Å². The minimum Gasteiger partial charge on any atom is -0.325 e. The molecule has 2 aromatic carbocycles. The van der Waals surface area contributed by atoms with Crippen LogP contribution in [0.3, 0.4) is 0 Å². The quantitative estimate of drug-likeness (QED) is 0.862. The van der Waals surface area contributed by atoms with Crippen molar-refractivity contribution in [1.82, 2.24) is 4.72 Å². The molecular formula is C15H13F3N2O3S.